The molecule has 0 bridgehead atoms. The van der Waals surface area contributed by atoms with Gasteiger partial charge in [-0.3, -0.25) is 9.69 Å². The third-order valence-corrected chi connectivity index (χ3v) is 5.25. The highest BCUT2D eigenvalue weighted by Gasteiger charge is 2.28. The Balaban J connectivity index is 1.66. The van der Waals surface area contributed by atoms with Crippen LogP contribution in [0.1, 0.15) is 22.0 Å². The topological polar surface area (TPSA) is 50.6 Å². The minimum Gasteiger partial charge on any atom is -0.378 e. The summed E-state index contributed by atoms with van der Waals surface area (Å²) in [6, 6.07) is 17.3. The number of halogens is 1. The number of hydrogen-bond donors (Lipinski definition) is 0. The Morgan fingerprint density at radius 2 is 1.70 bits per heavy atom. The van der Waals surface area contributed by atoms with Crippen molar-refractivity contribution < 1.29 is 4.79 Å². The van der Waals surface area contributed by atoms with Gasteiger partial charge in [-0.05, 0) is 29.8 Å². The molecule has 0 aromatic heterocycles. The van der Waals surface area contributed by atoms with Crippen LogP contribution < -0.4 is 4.90 Å². The number of carbonyl (C=O) groups is 1. The van der Waals surface area contributed by atoms with Gasteiger partial charge in [0.05, 0.1) is 16.7 Å². The van der Waals surface area contributed by atoms with Crippen LogP contribution >= 0.6 is 11.6 Å². The molecule has 1 unspecified atom stereocenters. The van der Waals surface area contributed by atoms with Crippen molar-refractivity contribution in [1.82, 2.24) is 9.80 Å². The quantitative estimate of drug-likeness (QED) is 0.812. The third-order valence-electron chi connectivity index (χ3n) is 4.92. The fourth-order valence-electron chi connectivity index (χ4n) is 3.31. The zero-order valence-electron chi connectivity index (χ0n) is 15.6. The van der Waals surface area contributed by atoms with Crippen LogP contribution in [0.15, 0.2) is 48.5 Å². The second-order valence-electron chi connectivity index (χ2n) is 6.83. The van der Waals surface area contributed by atoms with E-state index < -0.39 is 0 Å². The summed E-state index contributed by atoms with van der Waals surface area (Å²) in [6.45, 7) is 2.48. The highest BCUT2D eigenvalue weighted by molar-refractivity contribution is 6.33. The molecule has 0 saturated carbocycles. The lowest BCUT2D eigenvalue weighted by Crippen LogP contribution is -2.49. The van der Waals surface area contributed by atoms with Crippen molar-refractivity contribution in [3.63, 3.8) is 0 Å². The van der Waals surface area contributed by atoms with Crippen molar-refractivity contribution in [2.75, 3.05) is 45.2 Å². The van der Waals surface area contributed by atoms with E-state index >= 15 is 0 Å². The summed E-state index contributed by atoms with van der Waals surface area (Å²) in [5, 5.41) is 10.2. The lowest BCUT2D eigenvalue weighted by molar-refractivity contribution is 0.0606. The SMILES string of the molecule is CN(C)c1ccc(C(C#N)N2CCN(C(=O)c3ccccc3Cl)CC2)cc1. The average molecular weight is 383 g/mol. The Kier molecular flexibility index (Phi) is 6.00. The van der Waals surface area contributed by atoms with Crippen molar-refractivity contribution in [2.45, 2.75) is 6.04 Å². The molecule has 140 valence electrons. The Labute approximate surface area is 165 Å². The first kappa shape index (κ1) is 19.2. The monoisotopic (exact) mass is 382 g/mol. The number of nitrogens with zero attached hydrogens (tertiary/aromatic N) is 4. The zero-order chi connectivity index (χ0) is 19.4. The molecule has 1 aliphatic rings. The van der Waals surface area contributed by atoms with E-state index in [1.807, 2.05) is 55.4 Å². The molecule has 0 radical (unpaired) electrons. The van der Waals surface area contributed by atoms with Gasteiger partial charge in [0.2, 0.25) is 0 Å². The summed E-state index contributed by atoms with van der Waals surface area (Å²) in [7, 11) is 3.98. The Bertz CT molecular complexity index is 836. The van der Waals surface area contributed by atoms with Gasteiger partial charge in [0.25, 0.3) is 5.91 Å². The van der Waals surface area contributed by atoms with Crippen LogP contribution in [0.25, 0.3) is 0 Å². The van der Waals surface area contributed by atoms with Gasteiger partial charge < -0.3 is 9.80 Å². The second kappa shape index (κ2) is 8.43. The van der Waals surface area contributed by atoms with Gasteiger partial charge in [-0.1, -0.05) is 35.9 Å². The number of benzene rings is 2. The van der Waals surface area contributed by atoms with Gasteiger partial charge in [0.15, 0.2) is 0 Å². The van der Waals surface area contributed by atoms with Gasteiger partial charge in [0, 0.05) is 46.0 Å². The summed E-state index contributed by atoms with van der Waals surface area (Å²) >= 11 is 6.15. The Hall–Kier alpha value is -2.55. The van der Waals surface area contributed by atoms with Crippen LogP contribution in [-0.2, 0) is 0 Å². The highest BCUT2D eigenvalue weighted by Crippen LogP contribution is 2.25. The first-order valence-corrected chi connectivity index (χ1v) is 9.34. The molecule has 6 heteroatoms. The van der Waals surface area contributed by atoms with E-state index in [-0.39, 0.29) is 11.9 Å². The molecule has 1 aliphatic heterocycles. The summed E-state index contributed by atoms with van der Waals surface area (Å²) in [5.41, 5.74) is 2.61. The lowest BCUT2D eigenvalue weighted by Gasteiger charge is -2.37. The number of carbonyl (C=O) groups excluding carboxylic acids is 1. The smallest absolute Gasteiger partial charge is 0.255 e. The maximum absolute atomic E-state index is 12.7. The molecule has 1 amide bonds. The van der Waals surface area contributed by atoms with E-state index in [0.717, 1.165) is 11.3 Å². The molecule has 27 heavy (non-hydrogen) atoms. The number of hydrogen-bond acceptors (Lipinski definition) is 4. The first-order valence-electron chi connectivity index (χ1n) is 8.96. The molecular weight excluding hydrogens is 360 g/mol. The Morgan fingerprint density at radius 3 is 2.26 bits per heavy atom. The largest absolute Gasteiger partial charge is 0.378 e. The summed E-state index contributed by atoms with van der Waals surface area (Å²) in [5.74, 6) is -0.0518. The van der Waals surface area contributed by atoms with E-state index in [9.17, 15) is 10.1 Å². The van der Waals surface area contributed by atoms with E-state index in [1.54, 1.807) is 17.0 Å². The number of rotatable bonds is 4. The van der Waals surface area contributed by atoms with Crippen molar-refractivity contribution >= 4 is 23.2 Å². The molecule has 1 saturated heterocycles. The molecule has 1 atom stereocenters. The number of amides is 1. The van der Waals surface area contributed by atoms with Crippen LogP contribution in [0.3, 0.4) is 0 Å². The zero-order valence-corrected chi connectivity index (χ0v) is 16.4. The minimum absolute atomic E-state index is 0.0518. The van der Waals surface area contributed by atoms with Gasteiger partial charge in [-0.15, -0.1) is 0 Å². The molecule has 0 aliphatic carbocycles. The van der Waals surface area contributed by atoms with E-state index in [0.29, 0.717) is 36.8 Å². The summed E-state index contributed by atoms with van der Waals surface area (Å²) < 4.78 is 0. The van der Waals surface area contributed by atoms with Crippen molar-refractivity contribution in [1.29, 1.82) is 5.26 Å². The van der Waals surface area contributed by atoms with Crippen LogP contribution in [0, 0.1) is 11.3 Å². The van der Waals surface area contributed by atoms with Gasteiger partial charge in [-0.2, -0.15) is 5.26 Å². The number of piperazine rings is 1. The fourth-order valence-corrected chi connectivity index (χ4v) is 3.53. The van der Waals surface area contributed by atoms with Crippen LogP contribution in [0.5, 0.6) is 0 Å². The molecule has 2 aromatic carbocycles. The van der Waals surface area contributed by atoms with Gasteiger partial charge in [0.1, 0.15) is 6.04 Å². The fraction of sp³-hybridized carbons (Fsp3) is 0.333. The van der Waals surface area contributed by atoms with Crippen molar-refractivity contribution in [3.8, 4) is 6.07 Å². The molecule has 5 nitrogen and oxygen atoms in total. The molecule has 3 rings (SSSR count). The third kappa shape index (κ3) is 4.24. The molecule has 0 N–H and O–H groups in total. The molecular formula is C21H23ClN4O. The standard InChI is InChI=1S/C21H23ClN4O/c1-24(2)17-9-7-16(8-10-17)20(15-23)25-11-13-26(14-12-25)21(27)18-5-3-4-6-19(18)22/h3-10,20H,11-14H2,1-2H3. The Morgan fingerprint density at radius 1 is 1.07 bits per heavy atom. The van der Waals surface area contributed by atoms with Crippen LogP contribution in [-0.4, -0.2) is 56.0 Å². The average Bonchev–Trinajstić information content (AvgIpc) is 2.69. The maximum atomic E-state index is 12.7. The maximum Gasteiger partial charge on any atom is 0.255 e. The van der Waals surface area contributed by atoms with Crippen molar-refractivity contribution in [2.24, 2.45) is 0 Å². The molecule has 0 spiro atoms. The van der Waals surface area contributed by atoms with Crippen LogP contribution in [0.2, 0.25) is 5.02 Å². The van der Waals surface area contributed by atoms with E-state index in [4.69, 9.17) is 11.6 Å². The number of nitriles is 1. The summed E-state index contributed by atoms with van der Waals surface area (Å²) in [4.78, 5) is 18.7. The predicted octanol–water partition coefficient (Wildman–Crippen LogP) is 3.43. The minimum atomic E-state index is -0.307. The number of anilines is 1. The highest BCUT2D eigenvalue weighted by atomic mass is 35.5. The van der Waals surface area contributed by atoms with Gasteiger partial charge in [-0.25, -0.2) is 0 Å². The first-order chi connectivity index (χ1) is 13.0. The second-order valence-corrected chi connectivity index (χ2v) is 7.23. The molecule has 1 fully saturated rings. The van der Waals surface area contributed by atoms with Gasteiger partial charge >= 0.3 is 0 Å². The lowest BCUT2D eigenvalue weighted by atomic mass is 10.0. The van der Waals surface area contributed by atoms with Crippen LogP contribution in [0.4, 0.5) is 5.69 Å². The normalized spacial score (nSPS) is 15.9. The van der Waals surface area contributed by atoms with E-state index in [1.165, 1.54) is 0 Å². The van der Waals surface area contributed by atoms with E-state index in [2.05, 4.69) is 11.0 Å². The molecule has 2 aromatic rings. The van der Waals surface area contributed by atoms with Crippen molar-refractivity contribution in [3.05, 3.63) is 64.7 Å². The summed E-state index contributed by atoms with van der Waals surface area (Å²) in [6.07, 6.45) is 0. The predicted molar refractivity (Wildman–Crippen MR) is 108 cm³/mol. The molecule has 1 heterocycles.